The van der Waals surface area contributed by atoms with Crippen molar-refractivity contribution >= 4 is 277 Å². The minimum atomic E-state index is -4.37. The summed E-state index contributed by atoms with van der Waals surface area (Å²) in [5, 5.41) is 57.5. The average Bonchev–Trinajstić information content (AvgIpc) is 1.65. The number of carbonyl (C=O) groups is 7. The summed E-state index contributed by atoms with van der Waals surface area (Å²) in [5.74, 6) is 4.38. The molecular weight excluding hydrogens is 2220 g/mol. The molecule has 0 aromatic carbocycles. The number of aromatic hydroxyl groups is 2. The maximum absolute atomic E-state index is 11.8. The molecule has 0 saturated carbocycles. The van der Waals surface area contributed by atoms with Gasteiger partial charge in [0.1, 0.15) is 28.4 Å². The van der Waals surface area contributed by atoms with Gasteiger partial charge in [-0.3, -0.25) is 4.70 Å². The van der Waals surface area contributed by atoms with Gasteiger partial charge in [0, 0.05) is 94.7 Å². The Bertz CT molecular complexity index is 3500. The Morgan fingerprint density at radius 3 is 0.991 bits per heavy atom. The van der Waals surface area contributed by atoms with E-state index in [0.717, 1.165) is 45.2 Å². The predicted molar refractivity (Wildman–Crippen MR) is 472 cm³/mol. The third kappa shape index (κ3) is 43.1. The van der Waals surface area contributed by atoms with E-state index in [0.29, 0.717) is 47.7 Å². The summed E-state index contributed by atoms with van der Waals surface area (Å²) in [4.78, 5) is 77.9. The van der Waals surface area contributed by atoms with Gasteiger partial charge >= 0.3 is 116 Å². The van der Waals surface area contributed by atoms with Crippen LogP contribution in [0.15, 0.2) is 64.6 Å². The van der Waals surface area contributed by atoms with Gasteiger partial charge in [-0.1, -0.05) is 60.9 Å². The van der Waals surface area contributed by atoms with Gasteiger partial charge in [-0.05, 0) is 94.9 Å². The second-order valence-electron chi connectivity index (χ2n) is 20.2. The minimum Gasteiger partial charge on any atom is -1.00 e. The maximum atomic E-state index is 11.8. The standard InChI is InChI=1S/C12H14O6S.C12H16O6S.C8H8Br2O2S.C8H12O8S.C8H10O4S.C8H8O2S3.C4H4O2S.C2H4OS.CH4.Al.Br3P.FH.HI.K.Li.2H2.4H/c1-3-15-11(13)9-10(12(14)16-4-2)18-8-6-19-5-7(8)17-9;1-3-15-11(13)5-17-9-7-19-8-10(9)18-6-12(14)16-4-2;9-1-5-6(2-10)12-8-4-13-3-7(8)11-5;1-3-13-7(9)5-6(8(10)14-4-2)16-17(11,12)15-5;9-1-5-6(2-10)12-8-4-13-3-7(8)11-5;1-5-6(2-11-1)10-8-4-13-12-3-7(8)9-5;5-3-1-7-2-4(3)6;1-2(3)4;;;1-4(2)3;;;;;;;;;;/h5-6,9-10H,3-4H2,1-2H3;7-8H,3-6H2,1-2H3;3-6H,1-2H2;5-6H,3-4H2,1-2H3;3-6,9-10H,1-2H2;1-2,7-8H,3-4H2;1-2,5-6H;1H3,(H,3,4);1H4;;;2*1H;;;2*1H;;;;/q;;;;;;;;;;;;;2*+1;;;;;;-1/p-1/i;;;;;;;;;;;;;;;1+1;;;;;. The van der Waals surface area contributed by atoms with E-state index in [1.807, 2.05) is 53.9 Å². The zero-order chi connectivity index (χ0) is 80.6. The number of alkyl halides is 2. The molecule has 646 valence electrons. The molecule has 12 rings (SSSR count). The van der Waals surface area contributed by atoms with Crippen LogP contribution >= 0.6 is 196 Å². The maximum Gasteiger partial charge on any atom is 1.00 e. The number of ether oxygens (including phenoxy) is 16. The number of aliphatic hydroxyl groups is 2. The van der Waals surface area contributed by atoms with Crippen molar-refractivity contribution in [1.82, 2.24) is 0 Å². The predicted octanol–water partition coefficient (Wildman–Crippen LogP) is 7.57. The summed E-state index contributed by atoms with van der Waals surface area (Å²) in [6, 6.07) is 0. The van der Waals surface area contributed by atoms with Crippen molar-refractivity contribution in [1.29, 1.82) is 0 Å². The Morgan fingerprint density at radius 2 is 0.739 bits per heavy atom. The van der Waals surface area contributed by atoms with Gasteiger partial charge in [0.15, 0.2) is 112 Å². The van der Waals surface area contributed by atoms with Gasteiger partial charge in [0.25, 0.3) is 0 Å². The molecule has 52 heteroatoms. The van der Waals surface area contributed by atoms with Crippen LogP contribution in [0.5, 0.6) is 69.0 Å². The van der Waals surface area contributed by atoms with Crippen molar-refractivity contribution in [2.24, 2.45) is 0 Å². The van der Waals surface area contributed by atoms with Gasteiger partial charge in [0.05, 0.1) is 52.9 Å². The average molecular weight is 2310 g/mol. The van der Waals surface area contributed by atoms with Crippen LogP contribution in [-0.2, 0) is 93.4 Å². The number of fused-ring (bicyclic) bond motifs is 5. The van der Waals surface area contributed by atoms with Crippen molar-refractivity contribution in [3.63, 3.8) is 0 Å². The van der Waals surface area contributed by atoms with E-state index in [9.17, 15) is 42.0 Å². The smallest absolute Gasteiger partial charge is 1.00 e. The van der Waals surface area contributed by atoms with Crippen molar-refractivity contribution in [2.75, 3.05) is 88.2 Å². The zero-order valence-electron chi connectivity index (χ0n) is 62.1. The monoisotopic (exact) mass is 2310 g/mol. The third-order valence-electron chi connectivity index (χ3n) is 12.6. The largest absolute Gasteiger partial charge is 1.00 e. The molecule has 6 aliphatic heterocycles. The van der Waals surface area contributed by atoms with E-state index in [1.54, 1.807) is 71.9 Å². The van der Waals surface area contributed by atoms with Gasteiger partial charge in [-0.15, -0.1) is 92.0 Å². The molecule has 0 radical (unpaired) electrons. The Hall–Kier alpha value is -0.744. The molecule has 6 aromatic heterocycles. The third-order valence-corrected chi connectivity index (χ3v) is 21.4. The van der Waals surface area contributed by atoms with Crippen LogP contribution in [0.2, 0.25) is 0 Å². The summed E-state index contributed by atoms with van der Waals surface area (Å²) in [6.45, 7) is 11.6. The summed E-state index contributed by atoms with van der Waals surface area (Å²) in [7, 11) is -0.627. The first-order valence-electron chi connectivity index (χ1n) is 31.6. The number of halogens is 7. The van der Waals surface area contributed by atoms with Crippen molar-refractivity contribution < 1.29 is 226 Å². The molecule has 4 N–H and O–H groups in total. The molecule has 115 heavy (non-hydrogen) atoms. The molecule has 0 aliphatic carbocycles. The Kier molecular flexibility index (Phi) is 67.8. The first-order chi connectivity index (χ1) is 52.1. The van der Waals surface area contributed by atoms with E-state index in [1.165, 1.54) is 76.9 Å². The molecule has 31 nitrogen and oxygen atoms in total. The molecule has 6 aliphatic rings. The number of rotatable bonds is 20. The van der Waals surface area contributed by atoms with Crippen LogP contribution in [0.3, 0.4) is 0 Å². The molecule has 0 spiro atoms. The van der Waals surface area contributed by atoms with Gasteiger partial charge in [-0.2, -0.15) is 8.42 Å². The first kappa shape index (κ1) is 118. The summed E-state index contributed by atoms with van der Waals surface area (Å²) in [6.07, 6.45) is -5.80. The first-order valence-corrected chi connectivity index (χ1v) is 51.1. The van der Waals surface area contributed by atoms with Crippen LogP contribution < -0.4 is 118 Å². The number of carbonyl (C=O) groups excluding carboxylic acids is 7. The fourth-order valence-corrected chi connectivity index (χ4v) is 16.4. The van der Waals surface area contributed by atoms with Gasteiger partial charge in [-0.25, -0.2) is 37.1 Å². The van der Waals surface area contributed by atoms with Crippen molar-refractivity contribution in [3.8, 4) is 69.0 Å². The molecule has 10 unspecified atom stereocenters. The normalized spacial score (nSPS) is 19.4. The second kappa shape index (κ2) is 65.8. The van der Waals surface area contributed by atoms with Gasteiger partial charge < -0.3 is 115 Å². The summed E-state index contributed by atoms with van der Waals surface area (Å²) < 4.78 is 114. The molecule has 0 amide bonds. The number of hydrogen-bond donors (Lipinski definition) is 4. The molecule has 10 atom stereocenters. The minimum absolute atomic E-state index is 0. The van der Waals surface area contributed by atoms with Crippen LogP contribution in [0.1, 0.15) is 60.2 Å². The Morgan fingerprint density at radius 1 is 0.496 bits per heavy atom. The number of aliphatic hydroxyl groups excluding tert-OH is 2. The van der Waals surface area contributed by atoms with Crippen molar-refractivity contribution in [3.05, 3.63) is 64.6 Å². The SMILES string of the molecule is BrCC1Oc2cscc2OC1CBr.BrP(Br)Br.C.CC(=O)[S-].CCOC(=O)C1OS(=O)(=O)OC1C(=O)OCC.CCOC(=O)C1Oc2cscc2OC1C(=O)OCC.CCOC(=O)COc1cscc1OCC(=O)OCC.F.I.OCC1Oc2cscc2OC1CO.Oc1cscc1O.[2HH].[AlH3].[H-].[HH].[K+].[Li+].c1scc2c1OC1CSSCC1O2. The molecule has 0 bridgehead atoms. The topological polar surface area (TPSA) is 401 Å². The van der Waals surface area contributed by atoms with E-state index < -0.39 is 82.8 Å². The van der Waals surface area contributed by atoms with Crippen molar-refractivity contribution in [2.45, 2.75) is 117 Å². The van der Waals surface area contributed by atoms with E-state index in [-0.39, 0.29) is 226 Å². The molecule has 2 saturated heterocycles. The van der Waals surface area contributed by atoms with Crippen LogP contribution in [0, 0.1) is 0 Å². The summed E-state index contributed by atoms with van der Waals surface area (Å²) >= 11 is 29.0. The van der Waals surface area contributed by atoms with Crippen LogP contribution in [0.25, 0.3) is 0 Å². The molecule has 6 aromatic rings. The molecular formula is C63H89AlBr5FIKLiO31PS10. The molecule has 12 heterocycles. The Balaban J connectivity index is -0.000000304. The fraction of sp³-hybridized carbons (Fsp3) is 0.508. The zero-order valence-corrected chi connectivity index (χ0v) is 83.6. The van der Waals surface area contributed by atoms with E-state index in [2.05, 4.69) is 109 Å². The summed E-state index contributed by atoms with van der Waals surface area (Å²) in [5.41, 5.74) is 0. The van der Waals surface area contributed by atoms with E-state index in [4.69, 9.17) is 86.7 Å². The fourth-order valence-electron chi connectivity index (χ4n) is 8.09. The number of thiophene rings is 6. The number of hydrogen-bond acceptors (Lipinski definition) is 40. The second-order valence-corrected chi connectivity index (χ2v) is 45.6. The molecule has 2 fully saturated rings. The van der Waals surface area contributed by atoms with Crippen LogP contribution in [0.4, 0.5) is 4.70 Å². The van der Waals surface area contributed by atoms with Gasteiger partial charge in [0.2, 0.25) is 24.4 Å². The van der Waals surface area contributed by atoms with E-state index >= 15 is 0 Å². The number of esters is 6. The quantitative estimate of drug-likeness (QED) is 0.00836. The van der Waals surface area contributed by atoms with Crippen LogP contribution in [-0.4, -0.2) is 236 Å². The Labute approximate surface area is 830 Å².